The summed E-state index contributed by atoms with van der Waals surface area (Å²) in [5, 5.41) is 11.2. The molecule has 0 aliphatic heterocycles. The van der Waals surface area contributed by atoms with Crippen molar-refractivity contribution >= 4 is 5.97 Å². The van der Waals surface area contributed by atoms with E-state index in [1.165, 1.54) is 32.9 Å². The molecule has 0 aliphatic rings. The number of carboxylic acid groups (broad SMARTS) is 1. The first-order valence-corrected chi connectivity index (χ1v) is 4.65. The van der Waals surface area contributed by atoms with Gasteiger partial charge >= 0.3 is 5.97 Å². The van der Waals surface area contributed by atoms with Crippen LogP contribution in [0.3, 0.4) is 0 Å². The monoisotopic (exact) mass is 187 g/mol. The first kappa shape index (κ1) is 14.7. The molecule has 0 saturated heterocycles. The molecule has 0 aliphatic carbocycles. The van der Waals surface area contributed by atoms with Gasteiger partial charge < -0.3 is 10.4 Å². The topological polar surface area (TPSA) is 49.3 Å². The lowest BCUT2D eigenvalue weighted by atomic mass is 10.4. The number of hydrogen-bond acceptors (Lipinski definition) is 2. The lowest BCUT2D eigenvalue weighted by Gasteiger charge is -1.95. The molecule has 0 saturated carbocycles. The maximum Gasteiger partial charge on any atom is 0.330 e. The van der Waals surface area contributed by atoms with Crippen molar-refractivity contribution in [1.82, 2.24) is 5.32 Å². The van der Waals surface area contributed by atoms with Crippen LogP contribution in [0.2, 0.25) is 0 Å². The fraction of sp³-hybridized carbons (Fsp3) is 0.700. The predicted molar refractivity (Wildman–Crippen MR) is 55.9 cm³/mol. The van der Waals surface area contributed by atoms with Crippen LogP contribution in [0.4, 0.5) is 0 Å². The van der Waals surface area contributed by atoms with E-state index >= 15 is 0 Å². The van der Waals surface area contributed by atoms with Gasteiger partial charge in [0.25, 0.3) is 0 Å². The van der Waals surface area contributed by atoms with Gasteiger partial charge in [-0.3, -0.25) is 0 Å². The summed E-state index contributed by atoms with van der Waals surface area (Å²) >= 11 is 0. The maximum atomic E-state index is 9.60. The third kappa shape index (κ3) is 18.3. The average Bonchev–Trinajstić information content (AvgIpc) is 2.06. The smallest absolute Gasteiger partial charge is 0.330 e. The second kappa shape index (κ2) is 11.2. The van der Waals surface area contributed by atoms with Gasteiger partial charge in [0.15, 0.2) is 0 Å². The van der Waals surface area contributed by atoms with E-state index in [0.717, 1.165) is 0 Å². The Labute approximate surface area is 80.8 Å². The van der Waals surface area contributed by atoms with Crippen LogP contribution in [0.25, 0.3) is 0 Å². The van der Waals surface area contributed by atoms with Crippen LogP contribution in [0.1, 0.15) is 33.6 Å². The van der Waals surface area contributed by atoms with Crippen molar-refractivity contribution in [3.63, 3.8) is 0 Å². The van der Waals surface area contributed by atoms with Crippen LogP contribution in [0.15, 0.2) is 12.2 Å². The molecule has 3 heteroatoms. The van der Waals surface area contributed by atoms with E-state index in [4.69, 9.17) is 5.11 Å². The molecule has 0 fully saturated rings. The van der Waals surface area contributed by atoms with E-state index in [2.05, 4.69) is 25.7 Å². The highest BCUT2D eigenvalue weighted by Gasteiger charge is 1.90. The highest BCUT2D eigenvalue weighted by atomic mass is 16.4. The van der Waals surface area contributed by atoms with Gasteiger partial charge in [0.2, 0.25) is 0 Å². The standard InChI is InChI=1S/C6H15N.C4H6O2/c1-3-5-7-6-4-2;1-3(2)4(5)6/h7H,3-6H2,1-2H3;1H2,2H3,(H,5,6). The molecular formula is C10H21NO2. The van der Waals surface area contributed by atoms with Gasteiger partial charge in [0.1, 0.15) is 0 Å². The van der Waals surface area contributed by atoms with Crippen molar-refractivity contribution in [3.8, 4) is 0 Å². The normalized spacial score (nSPS) is 8.54. The fourth-order valence-electron chi connectivity index (χ4n) is 0.479. The minimum Gasteiger partial charge on any atom is -0.478 e. The minimum atomic E-state index is -0.935. The van der Waals surface area contributed by atoms with Gasteiger partial charge in [0.05, 0.1) is 0 Å². The third-order valence-corrected chi connectivity index (χ3v) is 1.22. The molecule has 3 nitrogen and oxygen atoms in total. The van der Waals surface area contributed by atoms with Gasteiger partial charge in [-0.2, -0.15) is 0 Å². The third-order valence-electron chi connectivity index (χ3n) is 1.22. The predicted octanol–water partition coefficient (Wildman–Crippen LogP) is 2.04. The zero-order valence-corrected chi connectivity index (χ0v) is 8.89. The summed E-state index contributed by atoms with van der Waals surface area (Å²) in [5.74, 6) is -0.935. The van der Waals surface area contributed by atoms with Crippen molar-refractivity contribution in [1.29, 1.82) is 0 Å². The Bertz CT molecular complexity index is 128. The largest absolute Gasteiger partial charge is 0.478 e. The molecule has 0 rings (SSSR count). The molecule has 0 radical (unpaired) electrons. The van der Waals surface area contributed by atoms with Crippen molar-refractivity contribution in [2.45, 2.75) is 33.6 Å². The highest BCUT2D eigenvalue weighted by molar-refractivity contribution is 5.84. The Balaban J connectivity index is 0. The van der Waals surface area contributed by atoms with Crippen LogP contribution >= 0.6 is 0 Å². The van der Waals surface area contributed by atoms with Crippen molar-refractivity contribution in [3.05, 3.63) is 12.2 Å². The SMILES string of the molecule is C=C(C)C(=O)O.CCCNCCC. The minimum absolute atomic E-state index is 0.176. The summed E-state index contributed by atoms with van der Waals surface area (Å²) in [7, 11) is 0. The molecule has 0 atom stereocenters. The lowest BCUT2D eigenvalue weighted by Crippen LogP contribution is -2.14. The summed E-state index contributed by atoms with van der Waals surface area (Å²) in [6, 6.07) is 0. The van der Waals surface area contributed by atoms with Crippen LogP contribution in [0, 0.1) is 0 Å². The van der Waals surface area contributed by atoms with E-state index in [0.29, 0.717) is 0 Å². The van der Waals surface area contributed by atoms with Gasteiger partial charge in [-0.1, -0.05) is 20.4 Å². The van der Waals surface area contributed by atoms with Gasteiger partial charge in [0, 0.05) is 5.57 Å². The first-order valence-electron chi connectivity index (χ1n) is 4.65. The summed E-state index contributed by atoms with van der Waals surface area (Å²) in [4.78, 5) is 9.60. The fourth-order valence-corrected chi connectivity index (χ4v) is 0.479. The molecule has 0 heterocycles. The number of rotatable bonds is 5. The molecule has 0 bridgehead atoms. The lowest BCUT2D eigenvalue weighted by molar-refractivity contribution is -0.132. The Morgan fingerprint density at radius 3 is 1.77 bits per heavy atom. The molecule has 0 aromatic carbocycles. The molecule has 0 amide bonds. The van der Waals surface area contributed by atoms with Crippen LogP contribution in [-0.2, 0) is 4.79 Å². The molecule has 0 aromatic rings. The molecule has 0 spiro atoms. The van der Waals surface area contributed by atoms with Crippen LogP contribution < -0.4 is 5.32 Å². The van der Waals surface area contributed by atoms with E-state index < -0.39 is 5.97 Å². The number of carbonyl (C=O) groups is 1. The van der Waals surface area contributed by atoms with Crippen molar-refractivity contribution in [2.75, 3.05) is 13.1 Å². The Hall–Kier alpha value is -0.830. The van der Waals surface area contributed by atoms with E-state index in [1.807, 2.05) is 0 Å². The molecule has 2 N–H and O–H groups in total. The van der Waals surface area contributed by atoms with Crippen molar-refractivity contribution in [2.24, 2.45) is 0 Å². The summed E-state index contributed by atoms with van der Waals surface area (Å²) < 4.78 is 0. The van der Waals surface area contributed by atoms with Gasteiger partial charge in [-0.05, 0) is 32.9 Å². The van der Waals surface area contributed by atoms with E-state index in [-0.39, 0.29) is 5.57 Å². The zero-order chi connectivity index (χ0) is 10.7. The highest BCUT2D eigenvalue weighted by Crippen LogP contribution is 1.81. The van der Waals surface area contributed by atoms with E-state index in [1.54, 1.807) is 0 Å². The summed E-state index contributed by atoms with van der Waals surface area (Å²) in [5.41, 5.74) is 0.176. The average molecular weight is 187 g/mol. The summed E-state index contributed by atoms with van der Waals surface area (Å²) in [6.45, 7) is 11.3. The Morgan fingerprint density at radius 2 is 1.62 bits per heavy atom. The van der Waals surface area contributed by atoms with Gasteiger partial charge in [-0.15, -0.1) is 0 Å². The van der Waals surface area contributed by atoms with Gasteiger partial charge in [-0.25, -0.2) is 4.79 Å². The van der Waals surface area contributed by atoms with Crippen LogP contribution in [-0.4, -0.2) is 24.2 Å². The number of hydrogen-bond donors (Lipinski definition) is 2. The molecular weight excluding hydrogens is 166 g/mol. The quantitative estimate of drug-likeness (QED) is 0.511. The zero-order valence-electron chi connectivity index (χ0n) is 8.89. The second-order valence-electron chi connectivity index (χ2n) is 2.84. The number of aliphatic carboxylic acids is 1. The second-order valence-corrected chi connectivity index (χ2v) is 2.84. The first-order chi connectivity index (χ1) is 6.06. The van der Waals surface area contributed by atoms with Crippen molar-refractivity contribution < 1.29 is 9.90 Å². The van der Waals surface area contributed by atoms with E-state index in [9.17, 15) is 4.79 Å². The summed E-state index contributed by atoms with van der Waals surface area (Å²) in [6.07, 6.45) is 2.50. The number of carboxylic acids is 1. The maximum absolute atomic E-state index is 9.60. The Kier molecular flexibility index (Phi) is 12.6. The molecule has 0 unspecified atom stereocenters. The molecule has 0 aromatic heterocycles. The molecule has 78 valence electrons. The van der Waals surface area contributed by atoms with Crippen LogP contribution in [0.5, 0.6) is 0 Å². The number of nitrogens with one attached hydrogen (secondary N) is 1. The molecule has 13 heavy (non-hydrogen) atoms. The Morgan fingerprint density at radius 1 is 1.31 bits per heavy atom.